The minimum absolute atomic E-state index is 0.311. The number of hydrogen-bond donors (Lipinski definition) is 0. The van der Waals surface area contributed by atoms with E-state index in [9.17, 15) is 4.79 Å². The van der Waals surface area contributed by atoms with Gasteiger partial charge in [-0.25, -0.2) is 0 Å². The lowest BCUT2D eigenvalue weighted by atomic mass is 9.81. The Labute approximate surface area is 164 Å². The van der Waals surface area contributed by atoms with E-state index in [1.807, 2.05) is 0 Å². The third kappa shape index (κ3) is 3.55. The van der Waals surface area contributed by atoms with Crippen molar-refractivity contribution >= 4 is 5.91 Å². The molecule has 0 spiro atoms. The van der Waals surface area contributed by atoms with E-state index in [-0.39, 0.29) is 0 Å². The molecule has 4 aliphatic rings. The average Bonchev–Trinajstić information content (AvgIpc) is 3.19. The lowest BCUT2D eigenvalue weighted by Crippen LogP contribution is -2.49. The summed E-state index contributed by atoms with van der Waals surface area (Å²) in [6, 6.07) is 9.53. The van der Waals surface area contributed by atoms with E-state index in [1.54, 1.807) is 0 Å². The van der Waals surface area contributed by atoms with Gasteiger partial charge in [0.15, 0.2) is 0 Å². The molecule has 2 heterocycles. The molecule has 27 heavy (non-hydrogen) atoms. The normalized spacial score (nSPS) is 32.0. The van der Waals surface area contributed by atoms with Gasteiger partial charge in [0.05, 0.1) is 0 Å². The Bertz CT molecular complexity index is 691. The smallest absolute Gasteiger partial charge is 0.225 e. The van der Waals surface area contributed by atoms with Gasteiger partial charge in [-0.05, 0) is 50.5 Å². The first-order valence-electron chi connectivity index (χ1n) is 11.3. The van der Waals surface area contributed by atoms with Crippen LogP contribution in [0.2, 0.25) is 0 Å². The zero-order valence-corrected chi connectivity index (χ0v) is 16.8. The summed E-state index contributed by atoms with van der Waals surface area (Å²) in [7, 11) is 0. The molecule has 0 bridgehead atoms. The van der Waals surface area contributed by atoms with E-state index in [0.29, 0.717) is 29.7 Å². The van der Waals surface area contributed by atoms with Gasteiger partial charge in [-0.1, -0.05) is 42.7 Å². The first-order chi connectivity index (χ1) is 13.2. The monoisotopic (exact) mass is 366 g/mol. The molecule has 0 unspecified atom stereocenters. The van der Waals surface area contributed by atoms with Gasteiger partial charge in [0.25, 0.3) is 0 Å². The molecular formula is C24H34N2O. The Morgan fingerprint density at radius 2 is 1.89 bits per heavy atom. The molecule has 3 heteroatoms. The molecule has 1 aromatic rings. The van der Waals surface area contributed by atoms with Crippen molar-refractivity contribution in [3.05, 3.63) is 35.4 Å². The number of aryl methyl sites for hydroxylation is 1. The fourth-order valence-corrected chi connectivity index (χ4v) is 6.05. The molecule has 1 amide bonds. The van der Waals surface area contributed by atoms with Crippen molar-refractivity contribution in [3.63, 3.8) is 0 Å². The maximum atomic E-state index is 13.3. The van der Waals surface area contributed by atoms with Gasteiger partial charge in [0, 0.05) is 50.0 Å². The van der Waals surface area contributed by atoms with E-state index in [2.05, 4.69) is 41.0 Å². The lowest BCUT2D eigenvalue weighted by molar-refractivity contribution is -0.137. The quantitative estimate of drug-likeness (QED) is 0.797. The summed E-state index contributed by atoms with van der Waals surface area (Å²) in [6.45, 7) is 6.81. The van der Waals surface area contributed by atoms with Crippen LogP contribution in [0.4, 0.5) is 0 Å². The number of likely N-dealkylation sites (tertiary alicyclic amines) is 2. The topological polar surface area (TPSA) is 23.6 Å². The first-order valence-corrected chi connectivity index (χ1v) is 11.3. The van der Waals surface area contributed by atoms with E-state index in [0.717, 1.165) is 25.3 Å². The Morgan fingerprint density at radius 1 is 1.07 bits per heavy atom. The highest BCUT2D eigenvalue weighted by Crippen LogP contribution is 2.44. The van der Waals surface area contributed by atoms with E-state index in [4.69, 9.17) is 0 Å². The van der Waals surface area contributed by atoms with Crippen LogP contribution in [0.3, 0.4) is 0 Å². The van der Waals surface area contributed by atoms with Gasteiger partial charge in [-0.3, -0.25) is 4.79 Å². The summed E-state index contributed by atoms with van der Waals surface area (Å²) in [5.41, 5.74) is 2.80. The zero-order chi connectivity index (χ0) is 18.4. The number of carbonyl (C=O) groups excluding carboxylic acids is 1. The van der Waals surface area contributed by atoms with E-state index >= 15 is 0 Å². The molecule has 5 rings (SSSR count). The molecule has 2 saturated heterocycles. The summed E-state index contributed by atoms with van der Waals surface area (Å²) in [6.07, 6.45) is 8.77. The van der Waals surface area contributed by atoms with Crippen molar-refractivity contribution in [2.24, 2.45) is 17.8 Å². The SMILES string of the molecule is Cc1cccc([C@H]2CN(C(=O)C3CCCC3)[C@@H]3CCN(CC4CC4)C[C@H]23)c1. The number of nitrogens with zero attached hydrogens (tertiary/aromatic N) is 2. The van der Waals surface area contributed by atoms with Crippen LogP contribution in [-0.2, 0) is 4.79 Å². The Balaban J connectivity index is 1.39. The summed E-state index contributed by atoms with van der Waals surface area (Å²) in [4.78, 5) is 18.4. The molecule has 146 valence electrons. The number of fused-ring (bicyclic) bond motifs is 1. The summed E-state index contributed by atoms with van der Waals surface area (Å²) in [5.74, 6) is 2.88. The predicted octanol–water partition coefficient (Wildman–Crippen LogP) is 4.21. The molecule has 2 aliphatic heterocycles. The second kappa shape index (κ2) is 7.24. The van der Waals surface area contributed by atoms with Crippen LogP contribution in [0.5, 0.6) is 0 Å². The number of carbonyl (C=O) groups is 1. The van der Waals surface area contributed by atoms with Crippen molar-refractivity contribution in [3.8, 4) is 0 Å². The van der Waals surface area contributed by atoms with Crippen LogP contribution < -0.4 is 0 Å². The first kappa shape index (κ1) is 17.7. The predicted molar refractivity (Wildman–Crippen MR) is 109 cm³/mol. The molecule has 2 aliphatic carbocycles. The molecule has 0 radical (unpaired) electrons. The molecule has 1 aromatic carbocycles. The van der Waals surface area contributed by atoms with Crippen molar-refractivity contribution < 1.29 is 4.79 Å². The van der Waals surface area contributed by atoms with Crippen LogP contribution >= 0.6 is 0 Å². The number of benzene rings is 1. The summed E-state index contributed by atoms with van der Waals surface area (Å²) < 4.78 is 0. The molecule has 0 aromatic heterocycles. The third-order valence-electron chi connectivity index (χ3n) is 7.69. The summed E-state index contributed by atoms with van der Waals surface area (Å²) >= 11 is 0. The maximum Gasteiger partial charge on any atom is 0.225 e. The van der Waals surface area contributed by atoms with Gasteiger partial charge >= 0.3 is 0 Å². The second-order valence-corrected chi connectivity index (χ2v) is 9.72. The average molecular weight is 367 g/mol. The van der Waals surface area contributed by atoms with Gasteiger partial charge in [0.2, 0.25) is 5.91 Å². The van der Waals surface area contributed by atoms with Gasteiger partial charge in [0.1, 0.15) is 0 Å². The van der Waals surface area contributed by atoms with Crippen LogP contribution in [0, 0.1) is 24.7 Å². The number of hydrogen-bond acceptors (Lipinski definition) is 2. The van der Waals surface area contributed by atoms with Crippen molar-refractivity contribution in [2.75, 3.05) is 26.2 Å². The van der Waals surface area contributed by atoms with Crippen LogP contribution in [0.25, 0.3) is 0 Å². The molecule has 4 fully saturated rings. The fraction of sp³-hybridized carbons (Fsp3) is 0.708. The van der Waals surface area contributed by atoms with E-state index in [1.165, 1.54) is 62.9 Å². The Morgan fingerprint density at radius 3 is 2.63 bits per heavy atom. The minimum atomic E-state index is 0.311. The van der Waals surface area contributed by atoms with Crippen LogP contribution in [0.1, 0.15) is 62.0 Å². The number of rotatable bonds is 4. The maximum absolute atomic E-state index is 13.3. The molecule has 0 N–H and O–H groups in total. The van der Waals surface area contributed by atoms with Gasteiger partial charge < -0.3 is 9.80 Å². The summed E-state index contributed by atoms with van der Waals surface area (Å²) in [5, 5.41) is 0. The van der Waals surface area contributed by atoms with Crippen LogP contribution in [-0.4, -0.2) is 47.9 Å². The number of amides is 1. The van der Waals surface area contributed by atoms with Crippen molar-refractivity contribution in [1.82, 2.24) is 9.80 Å². The van der Waals surface area contributed by atoms with Gasteiger partial charge in [-0.2, -0.15) is 0 Å². The molecule has 3 atom stereocenters. The highest BCUT2D eigenvalue weighted by molar-refractivity contribution is 5.80. The van der Waals surface area contributed by atoms with Crippen LogP contribution in [0.15, 0.2) is 24.3 Å². The Kier molecular flexibility index (Phi) is 4.75. The van der Waals surface area contributed by atoms with Crippen molar-refractivity contribution in [1.29, 1.82) is 0 Å². The largest absolute Gasteiger partial charge is 0.338 e. The molecule has 2 saturated carbocycles. The second-order valence-electron chi connectivity index (χ2n) is 9.72. The highest BCUT2D eigenvalue weighted by atomic mass is 16.2. The van der Waals surface area contributed by atoms with Crippen molar-refractivity contribution in [2.45, 2.75) is 63.8 Å². The Hall–Kier alpha value is -1.35. The fourth-order valence-electron chi connectivity index (χ4n) is 6.05. The lowest BCUT2D eigenvalue weighted by Gasteiger charge is -2.39. The third-order valence-corrected chi connectivity index (χ3v) is 7.69. The highest BCUT2D eigenvalue weighted by Gasteiger charge is 2.48. The molecule has 3 nitrogen and oxygen atoms in total. The zero-order valence-electron chi connectivity index (χ0n) is 16.8. The number of piperidine rings is 1. The molecular weight excluding hydrogens is 332 g/mol. The van der Waals surface area contributed by atoms with E-state index < -0.39 is 0 Å². The van der Waals surface area contributed by atoms with Gasteiger partial charge in [-0.15, -0.1) is 0 Å². The standard InChI is InChI=1S/C24H34N2O/c1-17-5-4-8-20(13-17)21-16-26(24(27)19-6-2-3-7-19)23-11-12-25(15-22(21)23)14-18-9-10-18/h4-5,8,13,18-19,21-23H,2-3,6-7,9-12,14-16H2,1H3/t21-,22-,23-/m1/s1. The minimum Gasteiger partial charge on any atom is -0.338 e.